The first kappa shape index (κ1) is 8.61. The molecule has 0 aliphatic carbocycles. The molecule has 4 nitrogen and oxygen atoms in total. The molecule has 0 radical (unpaired) electrons. The number of amidine groups is 1. The SMILES string of the molecule is N=C(N=S(=O)=O)c1ccccc1. The Morgan fingerprint density at radius 1 is 1.25 bits per heavy atom. The van der Waals surface area contributed by atoms with Crippen LogP contribution in [0.25, 0.3) is 0 Å². The predicted octanol–water partition coefficient (Wildman–Crippen LogP) is 1.07. The lowest BCUT2D eigenvalue weighted by Crippen LogP contribution is -1.92. The molecular formula is C7H6N2O2S. The summed E-state index contributed by atoms with van der Waals surface area (Å²) in [5, 5.41) is 7.20. The summed E-state index contributed by atoms with van der Waals surface area (Å²) in [6.07, 6.45) is 0. The van der Waals surface area contributed by atoms with E-state index in [-0.39, 0.29) is 5.84 Å². The number of benzene rings is 1. The van der Waals surface area contributed by atoms with Crippen LogP contribution in [0.5, 0.6) is 0 Å². The van der Waals surface area contributed by atoms with Gasteiger partial charge in [0.2, 0.25) is 0 Å². The van der Waals surface area contributed by atoms with Crippen LogP contribution in [0.1, 0.15) is 5.56 Å². The highest BCUT2D eigenvalue weighted by Crippen LogP contribution is 1.99. The standard InChI is InChI=1S/C7H6N2O2S/c8-7(9-12(10)11)6-4-2-1-3-5-6/h1-5,8H. The molecule has 0 aliphatic heterocycles. The minimum atomic E-state index is -2.55. The van der Waals surface area contributed by atoms with Crippen LogP contribution in [-0.2, 0) is 10.5 Å². The maximum absolute atomic E-state index is 10.1. The summed E-state index contributed by atoms with van der Waals surface area (Å²) in [6.45, 7) is 0. The van der Waals surface area contributed by atoms with Gasteiger partial charge in [0.25, 0.3) is 0 Å². The summed E-state index contributed by atoms with van der Waals surface area (Å²) in [7, 11) is -2.55. The Morgan fingerprint density at radius 3 is 2.33 bits per heavy atom. The van der Waals surface area contributed by atoms with Crippen molar-refractivity contribution in [2.24, 2.45) is 4.36 Å². The van der Waals surface area contributed by atoms with Crippen LogP contribution >= 0.6 is 0 Å². The summed E-state index contributed by atoms with van der Waals surface area (Å²) in [4.78, 5) is 0. The van der Waals surface area contributed by atoms with Gasteiger partial charge in [0.1, 0.15) is 0 Å². The number of hydrogen-bond acceptors (Lipinski definition) is 3. The molecule has 0 saturated carbocycles. The largest absolute Gasteiger partial charge is 0.317 e. The molecule has 12 heavy (non-hydrogen) atoms. The highest BCUT2D eigenvalue weighted by atomic mass is 32.2. The van der Waals surface area contributed by atoms with Crippen LogP contribution in [0.3, 0.4) is 0 Å². The molecule has 0 unspecified atom stereocenters. The van der Waals surface area contributed by atoms with Crippen molar-refractivity contribution in [2.75, 3.05) is 0 Å². The number of nitrogens with zero attached hydrogens (tertiary/aromatic N) is 1. The van der Waals surface area contributed by atoms with Gasteiger partial charge in [-0.25, -0.2) is 0 Å². The lowest BCUT2D eigenvalue weighted by atomic mass is 10.2. The Balaban J connectivity index is 3.02. The van der Waals surface area contributed by atoms with Crippen LogP contribution < -0.4 is 0 Å². The molecule has 1 N–H and O–H groups in total. The second-order valence-corrected chi connectivity index (χ2v) is 2.64. The van der Waals surface area contributed by atoms with Crippen molar-refractivity contribution in [3.63, 3.8) is 0 Å². The number of hydrogen-bond donors (Lipinski definition) is 1. The van der Waals surface area contributed by atoms with E-state index in [4.69, 9.17) is 5.41 Å². The van der Waals surface area contributed by atoms with E-state index in [9.17, 15) is 8.42 Å². The van der Waals surface area contributed by atoms with Crippen LogP contribution in [-0.4, -0.2) is 14.3 Å². The van der Waals surface area contributed by atoms with E-state index < -0.39 is 10.5 Å². The maximum Gasteiger partial charge on any atom is 0.317 e. The zero-order chi connectivity index (χ0) is 8.97. The van der Waals surface area contributed by atoms with Gasteiger partial charge < -0.3 is 0 Å². The van der Waals surface area contributed by atoms with E-state index in [0.29, 0.717) is 5.56 Å². The van der Waals surface area contributed by atoms with Crippen LogP contribution in [0.4, 0.5) is 0 Å². The minimum Gasteiger partial charge on any atom is -0.281 e. The molecule has 1 aromatic rings. The van der Waals surface area contributed by atoms with Gasteiger partial charge in [0, 0.05) is 5.56 Å². The van der Waals surface area contributed by atoms with Crippen LogP contribution in [0, 0.1) is 5.41 Å². The molecule has 0 saturated heterocycles. The molecule has 0 spiro atoms. The first-order valence-electron chi connectivity index (χ1n) is 3.15. The van der Waals surface area contributed by atoms with Gasteiger partial charge in [0.15, 0.2) is 5.84 Å². The zero-order valence-corrected chi connectivity index (χ0v) is 6.88. The smallest absolute Gasteiger partial charge is 0.281 e. The zero-order valence-electron chi connectivity index (χ0n) is 6.06. The fourth-order valence-electron chi connectivity index (χ4n) is 0.723. The van der Waals surface area contributed by atoms with E-state index in [2.05, 4.69) is 4.36 Å². The highest BCUT2D eigenvalue weighted by molar-refractivity contribution is 7.62. The molecule has 0 aromatic heterocycles. The number of nitrogens with one attached hydrogen (secondary N) is 1. The summed E-state index contributed by atoms with van der Waals surface area (Å²) >= 11 is 0. The molecule has 0 fully saturated rings. The molecule has 62 valence electrons. The van der Waals surface area contributed by atoms with E-state index in [1.165, 1.54) is 0 Å². The average molecular weight is 182 g/mol. The summed E-state index contributed by atoms with van der Waals surface area (Å²) in [6, 6.07) is 8.46. The van der Waals surface area contributed by atoms with Crippen molar-refractivity contribution in [2.45, 2.75) is 0 Å². The quantitative estimate of drug-likeness (QED) is 0.521. The van der Waals surface area contributed by atoms with Crippen molar-refractivity contribution < 1.29 is 8.42 Å². The Kier molecular flexibility index (Phi) is 2.71. The summed E-state index contributed by atoms with van der Waals surface area (Å²) < 4.78 is 23.2. The second-order valence-electron chi connectivity index (χ2n) is 2.02. The van der Waals surface area contributed by atoms with Crippen LogP contribution in [0.2, 0.25) is 0 Å². The molecule has 0 bridgehead atoms. The molecule has 0 aliphatic rings. The van der Waals surface area contributed by atoms with Gasteiger partial charge in [-0.1, -0.05) is 30.3 Å². The van der Waals surface area contributed by atoms with Gasteiger partial charge in [-0.3, -0.25) is 5.41 Å². The molecule has 5 heteroatoms. The first-order valence-corrected chi connectivity index (χ1v) is 4.18. The lowest BCUT2D eigenvalue weighted by Gasteiger charge is -1.92. The highest BCUT2D eigenvalue weighted by Gasteiger charge is 1.96. The van der Waals surface area contributed by atoms with Crippen molar-refractivity contribution in [1.29, 1.82) is 5.41 Å². The third kappa shape index (κ3) is 2.28. The van der Waals surface area contributed by atoms with Crippen molar-refractivity contribution in [1.82, 2.24) is 0 Å². The van der Waals surface area contributed by atoms with Gasteiger partial charge in [0.05, 0.1) is 0 Å². The molecular weight excluding hydrogens is 176 g/mol. The van der Waals surface area contributed by atoms with E-state index in [0.717, 1.165) is 0 Å². The molecule has 0 amide bonds. The fourth-order valence-corrected chi connectivity index (χ4v) is 0.978. The van der Waals surface area contributed by atoms with Crippen LogP contribution in [0.15, 0.2) is 34.7 Å². The molecule has 0 heterocycles. The minimum absolute atomic E-state index is 0.246. The molecule has 1 rings (SSSR count). The normalized spacial score (nSPS) is 9.00. The lowest BCUT2D eigenvalue weighted by molar-refractivity contribution is 0.623. The van der Waals surface area contributed by atoms with Gasteiger partial charge in [-0.05, 0) is 0 Å². The number of rotatable bonds is 1. The average Bonchev–Trinajstić information content (AvgIpc) is 2.05. The van der Waals surface area contributed by atoms with Crippen molar-refractivity contribution in [3.05, 3.63) is 35.9 Å². The Labute approximate surface area is 71.1 Å². The fraction of sp³-hybridized carbons (Fsp3) is 0. The van der Waals surface area contributed by atoms with Gasteiger partial charge in [-0.2, -0.15) is 8.42 Å². The van der Waals surface area contributed by atoms with E-state index in [1.54, 1.807) is 30.3 Å². The Bertz CT molecular complexity index is 400. The first-order chi connectivity index (χ1) is 5.70. The topological polar surface area (TPSA) is 70.3 Å². The van der Waals surface area contributed by atoms with Crippen molar-refractivity contribution in [3.8, 4) is 0 Å². The van der Waals surface area contributed by atoms with E-state index in [1.807, 2.05) is 0 Å². The monoisotopic (exact) mass is 182 g/mol. The Hall–Kier alpha value is -1.49. The third-order valence-corrected chi connectivity index (χ3v) is 1.54. The summed E-state index contributed by atoms with van der Waals surface area (Å²) in [5.41, 5.74) is 0.488. The third-order valence-electron chi connectivity index (χ3n) is 1.21. The summed E-state index contributed by atoms with van der Waals surface area (Å²) in [5.74, 6) is -0.246. The molecule has 1 aromatic carbocycles. The van der Waals surface area contributed by atoms with Gasteiger partial charge in [-0.15, -0.1) is 4.36 Å². The Morgan fingerprint density at radius 2 is 1.83 bits per heavy atom. The maximum atomic E-state index is 10.1. The van der Waals surface area contributed by atoms with E-state index >= 15 is 0 Å². The second kappa shape index (κ2) is 3.77. The van der Waals surface area contributed by atoms with Crippen molar-refractivity contribution >= 4 is 16.3 Å². The van der Waals surface area contributed by atoms with Gasteiger partial charge >= 0.3 is 10.5 Å². The predicted molar refractivity (Wildman–Crippen MR) is 44.6 cm³/mol. The molecule has 0 atom stereocenters.